The fourth-order valence-electron chi connectivity index (χ4n) is 2.92. The summed E-state index contributed by atoms with van der Waals surface area (Å²) in [5.74, 6) is -1.80. The van der Waals surface area contributed by atoms with Crippen molar-refractivity contribution >= 4 is 46.4 Å². The van der Waals surface area contributed by atoms with E-state index in [4.69, 9.17) is 23.2 Å². The Bertz CT molecular complexity index is 990. The Kier molecular flexibility index (Phi) is 8.33. The van der Waals surface area contributed by atoms with E-state index in [0.29, 0.717) is 29.5 Å². The zero-order chi connectivity index (χ0) is 22.3. The molecule has 0 aliphatic rings. The van der Waals surface area contributed by atoms with Gasteiger partial charge in [-0.2, -0.15) is 0 Å². The average molecular weight is 449 g/mol. The van der Waals surface area contributed by atoms with Crippen LogP contribution in [0.1, 0.15) is 11.1 Å². The lowest BCUT2D eigenvalue weighted by atomic mass is 9.95. The summed E-state index contributed by atoms with van der Waals surface area (Å²) in [6.07, 6.45) is 4.11. The molecule has 0 radical (unpaired) electrons. The van der Waals surface area contributed by atoms with E-state index in [0.717, 1.165) is 5.56 Å². The van der Waals surface area contributed by atoms with Crippen LogP contribution in [0.5, 0.6) is 11.5 Å². The highest BCUT2D eigenvalue weighted by molar-refractivity contribution is 6.29. The minimum absolute atomic E-state index is 0.116. The summed E-state index contributed by atoms with van der Waals surface area (Å²) in [7, 11) is 0. The van der Waals surface area contributed by atoms with Crippen molar-refractivity contribution in [3.05, 3.63) is 60.7 Å². The van der Waals surface area contributed by atoms with Gasteiger partial charge in [0, 0.05) is 11.1 Å². The molecular formula is C22H22Cl2N2O4. The Hall–Kier alpha value is -2.96. The number of halogens is 2. The quantitative estimate of drug-likeness (QED) is 0.256. The van der Waals surface area contributed by atoms with Crippen LogP contribution in [-0.2, 0) is 22.4 Å². The number of aromatic hydroxyl groups is 2. The van der Waals surface area contributed by atoms with Crippen molar-refractivity contribution in [1.82, 2.24) is 0 Å². The number of benzene rings is 2. The number of allylic oxidation sites excluding steroid dienone is 2. The van der Waals surface area contributed by atoms with Crippen LogP contribution in [0.25, 0.3) is 11.1 Å². The second kappa shape index (κ2) is 10.7. The van der Waals surface area contributed by atoms with E-state index in [-0.39, 0.29) is 34.6 Å². The molecule has 0 aliphatic heterocycles. The van der Waals surface area contributed by atoms with Gasteiger partial charge in [0.25, 0.3) is 0 Å². The van der Waals surface area contributed by atoms with Gasteiger partial charge in [-0.15, -0.1) is 36.4 Å². The third kappa shape index (κ3) is 5.55. The highest BCUT2D eigenvalue weighted by Crippen LogP contribution is 2.41. The second-order valence-corrected chi connectivity index (χ2v) is 6.95. The van der Waals surface area contributed by atoms with Crippen LogP contribution in [0, 0.1) is 0 Å². The predicted molar refractivity (Wildman–Crippen MR) is 122 cm³/mol. The lowest BCUT2D eigenvalue weighted by Crippen LogP contribution is -2.13. The smallest absolute Gasteiger partial charge is 0.239 e. The molecule has 0 saturated carbocycles. The first-order chi connectivity index (χ1) is 14.3. The Morgan fingerprint density at radius 3 is 1.97 bits per heavy atom. The number of rotatable bonds is 9. The third-order valence-electron chi connectivity index (χ3n) is 4.20. The highest BCUT2D eigenvalue weighted by Gasteiger charge is 2.18. The molecule has 158 valence electrons. The van der Waals surface area contributed by atoms with E-state index in [1.54, 1.807) is 30.4 Å². The van der Waals surface area contributed by atoms with Crippen LogP contribution in [0.3, 0.4) is 0 Å². The Balaban J connectivity index is 2.70. The maximum Gasteiger partial charge on any atom is 0.239 e. The van der Waals surface area contributed by atoms with Gasteiger partial charge in [-0.25, -0.2) is 0 Å². The summed E-state index contributed by atoms with van der Waals surface area (Å²) in [4.78, 5) is 23.5. The maximum absolute atomic E-state index is 11.8. The number of carbonyl (C=O) groups excluding carboxylic acids is 2. The number of anilines is 2. The molecule has 2 rings (SSSR count). The van der Waals surface area contributed by atoms with Crippen molar-refractivity contribution in [3.8, 4) is 22.6 Å². The van der Waals surface area contributed by atoms with Gasteiger partial charge >= 0.3 is 0 Å². The number of hydrogen-bond acceptors (Lipinski definition) is 4. The zero-order valence-corrected chi connectivity index (χ0v) is 17.7. The van der Waals surface area contributed by atoms with Gasteiger partial charge in [0.2, 0.25) is 11.8 Å². The molecule has 0 heterocycles. The molecule has 8 heteroatoms. The van der Waals surface area contributed by atoms with E-state index < -0.39 is 11.8 Å². The third-order valence-corrected chi connectivity index (χ3v) is 4.69. The van der Waals surface area contributed by atoms with Crippen molar-refractivity contribution in [1.29, 1.82) is 0 Å². The summed E-state index contributed by atoms with van der Waals surface area (Å²) >= 11 is 11.1. The summed E-state index contributed by atoms with van der Waals surface area (Å²) in [5, 5.41) is 26.4. The fourth-order valence-corrected chi connectivity index (χ4v) is 3.05. The number of amides is 2. The van der Waals surface area contributed by atoms with Crippen LogP contribution in [-0.4, -0.2) is 33.8 Å². The van der Waals surface area contributed by atoms with Crippen molar-refractivity contribution in [3.63, 3.8) is 0 Å². The maximum atomic E-state index is 11.8. The lowest BCUT2D eigenvalue weighted by molar-refractivity contribution is -0.114. The molecule has 6 nitrogen and oxygen atoms in total. The van der Waals surface area contributed by atoms with E-state index in [2.05, 4.69) is 23.8 Å². The monoisotopic (exact) mass is 448 g/mol. The molecule has 0 saturated heterocycles. The Morgan fingerprint density at radius 1 is 0.867 bits per heavy atom. The lowest BCUT2D eigenvalue weighted by Gasteiger charge is -2.17. The molecule has 30 heavy (non-hydrogen) atoms. The number of nitrogens with one attached hydrogen (secondary N) is 2. The number of phenols is 2. The molecule has 2 aromatic rings. The average Bonchev–Trinajstić information content (AvgIpc) is 2.73. The molecule has 4 N–H and O–H groups in total. The molecule has 0 aromatic heterocycles. The van der Waals surface area contributed by atoms with Crippen LogP contribution < -0.4 is 10.6 Å². The van der Waals surface area contributed by atoms with Crippen molar-refractivity contribution < 1.29 is 19.8 Å². The minimum Gasteiger partial charge on any atom is -0.505 e. The SMILES string of the molecule is C=CCc1cc(NC(=O)CCl)c(O)c(-c2cc(CC=C)c(O)c(NC(=O)CCl)c2)c1. The van der Waals surface area contributed by atoms with E-state index in [1.807, 2.05) is 0 Å². The molecule has 2 aromatic carbocycles. The number of alkyl halides is 2. The summed E-state index contributed by atoms with van der Waals surface area (Å²) in [6, 6.07) is 6.57. The minimum atomic E-state index is -0.492. The van der Waals surface area contributed by atoms with Crippen LogP contribution in [0.2, 0.25) is 0 Å². The van der Waals surface area contributed by atoms with Gasteiger partial charge in [0.05, 0.1) is 11.4 Å². The first kappa shape index (κ1) is 23.3. The van der Waals surface area contributed by atoms with Crippen molar-refractivity contribution in [2.24, 2.45) is 0 Å². The first-order valence-electron chi connectivity index (χ1n) is 9.00. The first-order valence-corrected chi connectivity index (χ1v) is 10.1. The van der Waals surface area contributed by atoms with Gasteiger partial charge in [-0.3, -0.25) is 9.59 Å². The zero-order valence-electron chi connectivity index (χ0n) is 16.2. The highest BCUT2D eigenvalue weighted by atomic mass is 35.5. The fraction of sp³-hybridized carbons (Fsp3) is 0.182. The number of hydrogen-bond donors (Lipinski definition) is 4. The molecule has 2 amide bonds. The summed E-state index contributed by atoms with van der Waals surface area (Å²) in [6.45, 7) is 7.40. The van der Waals surface area contributed by atoms with Gasteiger partial charge in [-0.1, -0.05) is 12.2 Å². The number of phenolic OH excluding ortho intramolecular Hbond substituents is 2. The molecule has 0 bridgehead atoms. The Morgan fingerprint density at radius 2 is 1.43 bits per heavy atom. The van der Waals surface area contributed by atoms with E-state index in [9.17, 15) is 19.8 Å². The van der Waals surface area contributed by atoms with Crippen LogP contribution in [0.15, 0.2) is 49.6 Å². The normalized spacial score (nSPS) is 10.3. The van der Waals surface area contributed by atoms with E-state index >= 15 is 0 Å². The predicted octanol–water partition coefficient (Wildman–Crippen LogP) is 4.58. The van der Waals surface area contributed by atoms with Crippen LogP contribution >= 0.6 is 23.2 Å². The van der Waals surface area contributed by atoms with Gasteiger partial charge in [0.15, 0.2) is 0 Å². The molecular weight excluding hydrogens is 427 g/mol. The van der Waals surface area contributed by atoms with Crippen LogP contribution in [0.4, 0.5) is 11.4 Å². The van der Waals surface area contributed by atoms with Crippen molar-refractivity contribution in [2.75, 3.05) is 22.4 Å². The molecule has 0 fully saturated rings. The Labute approximate surface area is 184 Å². The van der Waals surface area contributed by atoms with Gasteiger partial charge in [0.1, 0.15) is 23.3 Å². The number of carbonyl (C=O) groups is 2. The largest absolute Gasteiger partial charge is 0.505 e. The second-order valence-electron chi connectivity index (χ2n) is 6.42. The van der Waals surface area contributed by atoms with Gasteiger partial charge in [-0.05, 0) is 48.2 Å². The molecule has 0 spiro atoms. The summed E-state index contributed by atoms with van der Waals surface area (Å²) in [5.41, 5.74) is 2.53. The molecule has 0 unspecified atom stereocenters. The summed E-state index contributed by atoms with van der Waals surface area (Å²) < 4.78 is 0. The molecule has 0 atom stereocenters. The van der Waals surface area contributed by atoms with Crippen molar-refractivity contribution in [2.45, 2.75) is 12.8 Å². The standard InChI is InChI=1S/C22H22Cl2N2O4/c1-3-5-13-7-16(22(30)17(8-13)25-19(27)11-23)15-9-14(6-4-2)21(29)18(10-15)26-20(28)12-24/h3-4,7-10,29-30H,1-2,5-6,11-12H2,(H,25,27)(H,26,28). The van der Waals surface area contributed by atoms with Gasteiger partial charge < -0.3 is 20.8 Å². The van der Waals surface area contributed by atoms with E-state index in [1.165, 1.54) is 6.07 Å². The molecule has 0 aliphatic carbocycles. The topological polar surface area (TPSA) is 98.7 Å².